The van der Waals surface area contributed by atoms with Crippen molar-refractivity contribution in [3.8, 4) is 11.5 Å². The fourth-order valence-electron chi connectivity index (χ4n) is 3.24. The van der Waals surface area contributed by atoms with Crippen LogP contribution in [0, 0.1) is 18.7 Å². The number of nitrogens with one attached hydrogen (secondary N) is 1. The van der Waals surface area contributed by atoms with Crippen molar-refractivity contribution < 1.29 is 9.21 Å². The molecule has 0 atom stereocenters. The first-order valence-electron chi connectivity index (χ1n) is 9.71. The summed E-state index contributed by atoms with van der Waals surface area (Å²) >= 11 is 5.36. The maximum atomic E-state index is 11.9. The molecule has 1 aliphatic heterocycles. The van der Waals surface area contributed by atoms with Gasteiger partial charge in [-0.3, -0.25) is 14.6 Å². The van der Waals surface area contributed by atoms with Gasteiger partial charge in [0.05, 0.1) is 13.2 Å². The van der Waals surface area contributed by atoms with Crippen LogP contribution in [0.15, 0.2) is 22.6 Å². The van der Waals surface area contributed by atoms with Crippen LogP contribution >= 0.6 is 12.2 Å². The number of hydrogen-bond acceptors (Lipinski definition) is 6. The van der Waals surface area contributed by atoms with Gasteiger partial charge in [-0.05, 0) is 63.2 Å². The molecule has 1 amide bonds. The van der Waals surface area contributed by atoms with Crippen LogP contribution in [0.3, 0.4) is 0 Å². The third kappa shape index (κ3) is 5.27. The number of rotatable bonds is 6. The van der Waals surface area contributed by atoms with E-state index in [-0.39, 0.29) is 11.9 Å². The van der Waals surface area contributed by atoms with E-state index in [1.54, 1.807) is 4.68 Å². The van der Waals surface area contributed by atoms with Gasteiger partial charge in [-0.2, -0.15) is 0 Å². The monoisotopic (exact) mass is 403 g/mol. The Morgan fingerprint density at radius 1 is 1.18 bits per heavy atom. The molecular formula is C20H29N5O2S. The molecule has 8 heteroatoms. The minimum atomic E-state index is 0.0835. The molecule has 7 nitrogen and oxygen atoms in total. The minimum Gasteiger partial charge on any atom is -0.409 e. The van der Waals surface area contributed by atoms with Gasteiger partial charge in [-0.25, -0.2) is 4.68 Å². The number of aromatic nitrogens is 2. The third-order valence-electron chi connectivity index (χ3n) is 4.98. The SMILES string of the molecule is Cc1ccc(-c2nn(CN3CCN(CC(=O)NC(C)C)CC3)c(=S)o2)cc1C. The summed E-state index contributed by atoms with van der Waals surface area (Å²) in [6, 6.07) is 6.32. The number of carbonyl (C=O) groups excluding carboxylic acids is 1. The molecule has 1 aliphatic rings. The summed E-state index contributed by atoms with van der Waals surface area (Å²) in [5.74, 6) is 0.636. The first-order valence-corrected chi connectivity index (χ1v) is 10.1. The minimum absolute atomic E-state index is 0.0835. The van der Waals surface area contributed by atoms with Crippen LogP contribution in [0.1, 0.15) is 25.0 Å². The highest BCUT2D eigenvalue weighted by Gasteiger charge is 2.20. The third-order valence-corrected chi connectivity index (χ3v) is 5.27. The highest BCUT2D eigenvalue weighted by molar-refractivity contribution is 7.71. The zero-order valence-electron chi connectivity index (χ0n) is 17.1. The van der Waals surface area contributed by atoms with Gasteiger partial charge >= 0.3 is 0 Å². The molecule has 1 aromatic heterocycles. The Kier molecular flexibility index (Phi) is 6.64. The number of benzene rings is 1. The number of aryl methyl sites for hydroxylation is 2. The van der Waals surface area contributed by atoms with Crippen molar-refractivity contribution in [1.29, 1.82) is 0 Å². The molecule has 1 aromatic carbocycles. The van der Waals surface area contributed by atoms with Crippen LogP contribution < -0.4 is 5.32 Å². The van der Waals surface area contributed by atoms with Crippen molar-refractivity contribution in [3.05, 3.63) is 34.2 Å². The van der Waals surface area contributed by atoms with Crippen molar-refractivity contribution in [2.24, 2.45) is 0 Å². The van der Waals surface area contributed by atoms with Crippen LogP contribution in [-0.2, 0) is 11.5 Å². The molecule has 2 heterocycles. The largest absolute Gasteiger partial charge is 0.409 e. The fraction of sp³-hybridized carbons (Fsp3) is 0.550. The van der Waals surface area contributed by atoms with Gasteiger partial charge in [0.1, 0.15) is 0 Å². The van der Waals surface area contributed by atoms with E-state index in [0.717, 1.165) is 31.7 Å². The van der Waals surface area contributed by atoms with E-state index in [1.165, 1.54) is 11.1 Å². The molecule has 0 bridgehead atoms. The van der Waals surface area contributed by atoms with Gasteiger partial charge in [0.2, 0.25) is 11.8 Å². The predicted octanol–water partition coefficient (Wildman–Crippen LogP) is 2.59. The maximum absolute atomic E-state index is 11.9. The number of nitrogens with zero attached hydrogens (tertiary/aromatic N) is 4. The fourth-order valence-corrected chi connectivity index (χ4v) is 3.41. The molecule has 2 aromatic rings. The lowest BCUT2D eigenvalue weighted by atomic mass is 10.1. The van der Waals surface area contributed by atoms with Crippen molar-refractivity contribution in [2.75, 3.05) is 32.7 Å². The van der Waals surface area contributed by atoms with Crippen LogP contribution in [0.4, 0.5) is 0 Å². The van der Waals surface area contributed by atoms with Gasteiger partial charge in [0.15, 0.2) is 0 Å². The summed E-state index contributed by atoms with van der Waals surface area (Å²) in [6.07, 6.45) is 0. The molecule has 0 radical (unpaired) electrons. The van der Waals surface area contributed by atoms with E-state index in [4.69, 9.17) is 16.6 Å². The van der Waals surface area contributed by atoms with Gasteiger partial charge < -0.3 is 9.73 Å². The molecule has 28 heavy (non-hydrogen) atoms. The summed E-state index contributed by atoms with van der Waals surface area (Å²) in [5.41, 5.74) is 3.38. The van der Waals surface area contributed by atoms with Gasteiger partial charge in [0.25, 0.3) is 4.84 Å². The zero-order chi connectivity index (χ0) is 20.3. The van der Waals surface area contributed by atoms with E-state index < -0.39 is 0 Å². The Morgan fingerprint density at radius 2 is 1.86 bits per heavy atom. The Morgan fingerprint density at radius 3 is 2.50 bits per heavy atom. The Hall–Kier alpha value is -2.03. The van der Waals surface area contributed by atoms with Crippen LogP contribution in [-0.4, -0.2) is 64.3 Å². The average molecular weight is 404 g/mol. The Balaban J connectivity index is 1.57. The number of carbonyl (C=O) groups is 1. The lowest BCUT2D eigenvalue weighted by Gasteiger charge is -2.33. The summed E-state index contributed by atoms with van der Waals surface area (Å²) in [7, 11) is 0. The van der Waals surface area contributed by atoms with Crippen LogP contribution in [0.2, 0.25) is 0 Å². The van der Waals surface area contributed by atoms with Crippen LogP contribution in [0.5, 0.6) is 0 Å². The van der Waals surface area contributed by atoms with Gasteiger partial charge in [0, 0.05) is 37.8 Å². The summed E-state index contributed by atoms with van der Waals surface area (Å²) in [4.78, 5) is 16.8. The normalized spacial score (nSPS) is 15.9. The molecule has 1 saturated heterocycles. The zero-order valence-corrected chi connectivity index (χ0v) is 17.9. The molecule has 1 fully saturated rings. The van der Waals surface area contributed by atoms with Crippen molar-refractivity contribution in [1.82, 2.24) is 24.9 Å². The molecule has 0 aliphatic carbocycles. The molecule has 0 saturated carbocycles. The number of hydrogen-bond donors (Lipinski definition) is 1. The van der Waals surface area contributed by atoms with E-state index >= 15 is 0 Å². The van der Waals surface area contributed by atoms with E-state index in [0.29, 0.717) is 23.9 Å². The first kappa shape index (κ1) is 20.7. The smallest absolute Gasteiger partial charge is 0.288 e. The summed E-state index contributed by atoms with van der Waals surface area (Å²) in [6.45, 7) is 12.6. The second-order valence-electron chi connectivity index (χ2n) is 7.73. The Bertz CT molecular complexity index is 881. The molecule has 152 valence electrons. The second-order valence-corrected chi connectivity index (χ2v) is 8.08. The highest BCUT2D eigenvalue weighted by Crippen LogP contribution is 2.21. The Labute approximate surface area is 171 Å². The highest BCUT2D eigenvalue weighted by atomic mass is 32.1. The van der Waals surface area contributed by atoms with Gasteiger partial charge in [-0.15, -0.1) is 5.10 Å². The average Bonchev–Trinajstić information content (AvgIpc) is 2.99. The lowest BCUT2D eigenvalue weighted by Crippen LogP contribution is -2.50. The van der Waals surface area contributed by atoms with Crippen LogP contribution in [0.25, 0.3) is 11.5 Å². The van der Waals surface area contributed by atoms with E-state index in [1.807, 2.05) is 19.9 Å². The van der Waals surface area contributed by atoms with Crippen molar-refractivity contribution in [2.45, 2.75) is 40.4 Å². The standard InChI is InChI=1S/C20H29N5O2S/c1-14(2)21-18(26)12-23-7-9-24(10-8-23)13-25-20(28)27-19(22-25)17-6-5-15(3)16(4)11-17/h5-6,11,14H,7-10,12-13H2,1-4H3,(H,21,26). The molecular weight excluding hydrogens is 374 g/mol. The quantitative estimate of drug-likeness (QED) is 0.748. The molecule has 0 spiro atoms. The molecule has 1 N–H and O–H groups in total. The van der Waals surface area contributed by atoms with Gasteiger partial charge in [-0.1, -0.05) is 6.07 Å². The van der Waals surface area contributed by atoms with Crippen molar-refractivity contribution >= 4 is 18.1 Å². The number of amides is 1. The molecule has 3 rings (SSSR count). The topological polar surface area (TPSA) is 66.5 Å². The first-order chi connectivity index (χ1) is 13.3. The predicted molar refractivity (Wildman–Crippen MR) is 112 cm³/mol. The summed E-state index contributed by atoms with van der Waals surface area (Å²) in [5, 5.41) is 7.51. The lowest BCUT2D eigenvalue weighted by molar-refractivity contribution is -0.123. The van der Waals surface area contributed by atoms with Crippen molar-refractivity contribution in [3.63, 3.8) is 0 Å². The number of piperazine rings is 1. The maximum Gasteiger partial charge on any atom is 0.288 e. The second kappa shape index (κ2) is 8.98. The van der Waals surface area contributed by atoms with E-state index in [2.05, 4.69) is 46.2 Å². The van der Waals surface area contributed by atoms with E-state index in [9.17, 15) is 4.79 Å². The molecule has 0 unspecified atom stereocenters. The summed E-state index contributed by atoms with van der Waals surface area (Å²) < 4.78 is 7.46.